The number of hydrogen-bond donors (Lipinski definition) is 1. The molecular formula is C33H39ClN2O4. The Morgan fingerprint density at radius 2 is 1.75 bits per heavy atom. The lowest BCUT2D eigenvalue weighted by Crippen LogP contribution is -2.43. The number of halogens is 1. The topological polar surface area (TPSA) is 62.2 Å². The van der Waals surface area contributed by atoms with Gasteiger partial charge in [0.15, 0.2) is 11.5 Å². The van der Waals surface area contributed by atoms with Crippen LogP contribution in [0.1, 0.15) is 61.9 Å². The summed E-state index contributed by atoms with van der Waals surface area (Å²) in [5.74, 6) is 1.40. The number of carbonyl (C=O) groups is 1. The van der Waals surface area contributed by atoms with Gasteiger partial charge in [-0.2, -0.15) is 0 Å². The van der Waals surface area contributed by atoms with Crippen molar-refractivity contribution in [3.8, 4) is 11.5 Å². The number of hydrogen-bond acceptors (Lipinski definition) is 5. The molecule has 2 aliphatic heterocycles. The summed E-state index contributed by atoms with van der Waals surface area (Å²) in [5.41, 5.74) is 3.52. The Hall–Kier alpha value is -3.06. The Morgan fingerprint density at radius 3 is 2.38 bits per heavy atom. The van der Waals surface area contributed by atoms with Crippen molar-refractivity contribution in [2.24, 2.45) is 5.92 Å². The summed E-state index contributed by atoms with van der Waals surface area (Å²) in [6.07, 6.45) is 2.27. The molecule has 3 aromatic carbocycles. The molecule has 0 spiro atoms. The van der Waals surface area contributed by atoms with Gasteiger partial charge < -0.3 is 24.4 Å². The molecule has 2 heterocycles. The molecule has 1 amide bonds. The second kappa shape index (κ2) is 11.4. The van der Waals surface area contributed by atoms with Gasteiger partial charge >= 0.3 is 0 Å². The Morgan fingerprint density at radius 1 is 1.05 bits per heavy atom. The van der Waals surface area contributed by atoms with Crippen molar-refractivity contribution < 1.29 is 19.4 Å². The predicted octanol–water partition coefficient (Wildman–Crippen LogP) is 6.36. The molecule has 0 bridgehead atoms. The summed E-state index contributed by atoms with van der Waals surface area (Å²) in [7, 11) is 3.72. The van der Waals surface area contributed by atoms with Crippen molar-refractivity contribution in [2.75, 3.05) is 32.1 Å². The van der Waals surface area contributed by atoms with Crippen molar-refractivity contribution in [2.45, 2.75) is 57.8 Å². The van der Waals surface area contributed by atoms with Gasteiger partial charge in [-0.1, -0.05) is 35.9 Å². The van der Waals surface area contributed by atoms with Crippen LogP contribution >= 0.6 is 11.6 Å². The van der Waals surface area contributed by atoms with Crippen LogP contribution in [0, 0.1) is 5.92 Å². The second-order valence-corrected chi connectivity index (χ2v) is 12.0. The molecule has 2 unspecified atom stereocenters. The first-order valence-corrected chi connectivity index (χ1v) is 14.4. The van der Waals surface area contributed by atoms with Crippen LogP contribution < -0.4 is 14.4 Å². The number of piperidine rings is 1. The SMILES string of the molecule is COc1cc2c(cc1OC(C)C)[C@H](c1ccc(Cl)cc1)N(c1ccc(C(C)(O)C3CCCN(C)C3)cc1)C(=O)C2. The van der Waals surface area contributed by atoms with Gasteiger partial charge in [0, 0.05) is 23.2 Å². The molecule has 0 aromatic heterocycles. The number of ether oxygens (including phenoxy) is 2. The van der Waals surface area contributed by atoms with E-state index in [1.54, 1.807) is 7.11 Å². The van der Waals surface area contributed by atoms with Crippen LogP contribution in [0.5, 0.6) is 11.5 Å². The van der Waals surface area contributed by atoms with Crippen molar-refractivity contribution >= 4 is 23.2 Å². The van der Waals surface area contributed by atoms with Gasteiger partial charge in [-0.3, -0.25) is 4.79 Å². The molecule has 0 radical (unpaired) electrons. The normalized spacial score (nSPS) is 21.2. The maximum Gasteiger partial charge on any atom is 0.232 e. The molecular weight excluding hydrogens is 524 g/mol. The van der Waals surface area contributed by atoms with Crippen LogP contribution in [-0.2, 0) is 16.8 Å². The molecule has 5 rings (SSSR count). The Bertz CT molecular complexity index is 1350. The maximum atomic E-state index is 13.8. The lowest BCUT2D eigenvalue weighted by Gasteiger charge is -2.40. The van der Waals surface area contributed by atoms with Crippen LogP contribution in [-0.4, -0.2) is 49.3 Å². The van der Waals surface area contributed by atoms with Crippen molar-refractivity contribution in [1.29, 1.82) is 0 Å². The smallest absolute Gasteiger partial charge is 0.232 e. The molecule has 2 aliphatic rings. The largest absolute Gasteiger partial charge is 0.493 e. The molecule has 0 aliphatic carbocycles. The molecule has 0 saturated carbocycles. The average Bonchev–Trinajstić information content (AvgIpc) is 2.92. The average molecular weight is 563 g/mol. The zero-order chi connectivity index (χ0) is 28.6. The molecule has 212 valence electrons. The van der Waals surface area contributed by atoms with Gasteiger partial charge in [0.2, 0.25) is 5.91 Å². The van der Waals surface area contributed by atoms with Crippen LogP contribution in [0.25, 0.3) is 0 Å². The lowest BCUT2D eigenvalue weighted by atomic mass is 9.78. The molecule has 3 atom stereocenters. The summed E-state index contributed by atoms with van der Waals surface area (Å²) in [5, 5.41) is 12.2. The highest BCUT2D eigenvalue weighted by molar-refractivity contribution is 6.30. The first kappa shape index (κ1) is 28.5. The third kappa shape index (κ3) is 5.58. The lowest BCUT2D eigenvalue weighted by molar-refractivity contribution is -0.118. The molecule has 1 fully saturated rings. The third-order valence-corrected chi connectivity index (χ3v) is 8.54. The Kier molecular flexibility index (Phi) is 8.14. The summed E-state index contributed by atoms with van der Waals surface area (Å²) >= 11 is 6.24. The first-order chi connectivity index (χ1) is 19.1. The predicted molar refractivity (Wildman–Crippen MR) is 159 cm³/mol. The fourth-order valence-corrected chi connectivity index (χ4v) is 6.28. The summed E-state index contributed by atoms with van der Waals surface area (Å²) < 4.78 is 11.7. The van der Waals surface area contributed by atoms with Crippen molar-refractivity contribution in [1.82, 2.24) is 4.90 Å². The van der Waals surface area contributed by atoms with E-state index in [1.807, 2.05) is 86.3 Å². The minimum absolute atomic E-state index is 0.0135. The molecule has 40 heavy (non-hydrogen) atoms. The molecule has 1 N–H and O–H groups in total. The van der Waals surface area contributed by atoms with E-state index < -0.39 is 5.60 Å². The standard InChI is InChI=1S/C33H39ClN2O4/c1-21(2)40-30-19-28-23(17-29(30)39-5)18-31(37)36(32(28)22-8-12-26(34)13-9-22)27-14-10-24(11-15-27)33(3,38)25-7-6-16-35(4)20-25/h8-15,17,19,21,25,32,38H,6-7,16,18,20H2,1-5H3/t25?,32-,33?/m0/s1. The minimum Gasteiger partial charge on any atom is -0.493 e. The fraction of sp³-hybridized carbons (Fsp3) is 0.424. The highest BCUT2D eigenvalue weighted by Crippen LogP contribution is 2.44. The minimum atomic E-state index is -0.957. The van der Waals surface area contributed by atoms with Gasteiger partial charge in [0.25, 0.3) is 0 Å². The van der Waals surface area contributed by atoms with Crippen LogP contribution in [0.15, 0.2) is 60.7 Å². The number of likely N-dealkylation sites (tertiary alicyclic amines) is 1. The van der Waals surface area contributed by atoms with E-state index in [9.17, 15) is 9.90 Å². The van der Waals surface area contributed by atoms with Crippen molar-refractivity contribution in [3.63, 3.8) is 0 Å². The monoisotopic (exact) mass is 562 g/mol. The van der Waals surface area contributed by atoms with E-state index >= 15 is 0 Å². The van der Waals surface area contributed by atoms with Crippen molar-refractivity contribution in [3.05, 3.63) is 87.9 Å². The quantitative estimate of drug-likeness (QED) is 0.363. The Balaban J connectivity index is 1.57. The maximum absolute atomic E-state index is 13.8. The number of rotatable bonds is 7. The number of benzene rings is 3. The van der Waals surface area contributed by atoms with E-state index in [2.05, 4.69) is 11.9 Å². The third-order valence-electron chi connectivity index (χ3n) is 8.29. The van der Waals surface area contributed by atoms with Crippen LogP contribution in [0.2, 0.25) is 5.02 Å². The van der Waals surface area contributed by atoms with E-state index in [0.717, 1.165) is 53.9 Å². The number of carbonyl (C=O) groups excluding carboxylic acids is 1. The van der Waals surface area contributed by atoms with E-state index in [4.69, 9.17) is 21.1 Å². The zero-order valence-corrected chi connectivity index (χ0v) is 24.7. The van der Waals surface area contributed by atoms with Crippen LogP contribution in [0.4, 0.5) is 5.69 Å². The number of methoxy groups -OCH3 is 1. The van der Waals surface area contributed by atoms with Crippen LogP contribution in [0.3, 0.4) is 0 Å². The van der Waals surface area contributed by atoms with Gasteiger partial charge in [-0.05, 0) is 106 Å². The second-order valence-electron chi connectivity index (χ2n) is 11.6. The highest BCUT2D eigenvalue weighted by Gasteiger charge is 2.38. The molecule has 3 aromatic rings. The number of amides is 1. The number of anilines is 1. The molecule has 7 heteroatoms. The van der Waals surface area contributed by atoms with Gasteiger partial charge in [-0.25, -0.2) is 0 Å². The first-order valence-electron chi connectivity index (χ1n) is 14.0. The van der Waals surface area contributed by atoms with Gasteiger partial charge in [0.1, 0.15) is 0 Å². The zero-order valence-electron chi connectivity index (χ0n) is 24.0. The summed E-state index contributed by atoms with van der Waals surface area (Å²) in [6.45, 7) is 7.79. The van der Waals surface area contributed by atoms with E-state index in [1.165, 1.54) is 0 Å². The highest BCUT2D eigenvalue weighted by atomic mass is 35.5. The molecule has 6 nitrogen and oxygen atoms in total. The van der Waals surface area contributed by atoms with E-state index in [-0.39, 0.29) is 30.4 Å². The Labute approximate surface area is 242 Å². The number of fused-ring (bicyclic) bond motifs is 1. The van der Waals surface area contributed by atoms with Gasteiger partial charge in [-0.15, -0.1) is 0 Å². The van der Waals surface area contributed by atoms with Gasteiger partial charge in [0.05, 0.1) is 31.3 Å². The number of nitrogens with zero attached hydrogens (tertiary/aromatic N) is 2. The number of aliphatic hydroxyl groups is 1. The fourth-order valence-electron chi connectivity index (χ4n) is 6.15. The summed E-state index contributed by atoms with van der Waals surface area (Å²) in [6, 6.07) is 19.0. The molecule has 1 saturated heterocycles. The van der Waals surface area contributed by atoms with E-state index in [0.29, 0.717) is 16.5 Å². The summed E-state index contributed by atoms with van der Waals surface area (Å²) in [4.78, 5) is 17.9.